The number of carboxylic acids is 2. The summed E-state index contributed by atoms with van der Waals surface area (Å²) in [5.41, 5.74) is -0.654. The first-order valence-corrected chi connectivity index (χ1v) is 11.7. The minimum absolute atomic E-state index is 0.135. The van der Waals surface area contributed by atoms with E-state index < -0.39 is 86.9 Å². The number of carboxylic acid groups (broad SMARTS) is 2. The summed E-state index contributed by atoms with van der Waals surface area (Å²) in [5.74, 6) is -10.4. The van der Waals surface area contributed by atoms with Gasteiger partial charge in [0.15, 0.2) is 11.4 Å². The zero-order valence-electron chi connectivity index (χ0n) is 21.5. The van der Waals surface area contributed by atoms with Gasteiger partial charge in [0, 0.05) is 29.6 Å². The normalized spacial score (nSPS) is 29.4. The van der Waals surface area contributed by atoms with Crippen LogP contribution in [-0.2, 0) is 24.8 Å². The van der Waals surface area contributed by atoms with Crippen molar-refractivity contribution in [2.45, 2.75) is 30.6 Å². The number of benzene rings is 1. The van der Waals surface area contributed by atoms with Gasteiger partial charge >= 0.3 is 11.9 Å². The first kappa shape index (κ1) is 30.0. The van der Waals surface area contributed by atoms with Gasteiger partial charge in [0.1, 0.15) is 22.8 Å². The second kappa shape index (κ2) is 10.2. The number of phenolic OH excluding ortho intramolecular Hbond substituents is 1. The fraction of sp³-hybridized carbons (Fsp3) is 0.346. The molecule has 9 N–H and O–H groups in total. The number of aliphatic hydroxyl groups excluding tert-OH is 2. The van der Waals surface area contributed by atoms with Crippen LogP contribution >= 0.6 is 0 Å². The van der Waals surface area contributed by atoms with Crippen molar-refractivity contribution in [1.82, 2.24) is 4.90 Å². The van der Waals surface area contributed by atoms with Crippen molar-refractivity contribution in [2.75, 3.05) is 14.1 Å². The number of aliphatic carboxylic acids is 2. The number of hydrogen-bond donors (Lipinski definition) is 8. The molecule has 0 unspecified atom stereocenters. The molecule has 4 rings (SSSR count). The molecule has 14 nitrogen and oxygen atoms in total. The molecule has 40 heavy (non-hydrogen) atoms. The minimum Gasteiger partial charge on any atom is -0.510 e. The lowest BCUT2D eigenvalue weighted by atomic mass is 9.55. The summed E-state index contributed by atoms with van der Waals surface area (Å²) in [6.07, 6.45) is 0.916. The zero-order valence-corrected chi connectivity index (χ0v) is 21.5. The molecule has 3 aliphatic rings. The zero-order chi connectivity index (χ0) is 30.5. The fourth-order valence-electron chi connectivity index (χ4n) is 5.65. The van der Waals surface area contributed by atoms with E-state index >= 15 is 0 Å². The third kappa shape index (κ3) is 4.51. The number of primary amides is 1. The highest BCUT2D eigenvalue weighted by molar-refractivity contribution is 6.24. The summed E-state index contributed by atoms with van der Waals surface area (Å²) in [6.45, 7) is 1.40. The average molecular weight is 561 g/mol. The first-order chi connectivity index (χ1) is 18.4. The topological polar surface area (TPSA) is 256 Å². The van der Waals surface area contributed by atoms with Crippen LogP contribution in [0.3, 0.4) is 0 Å². The molecule has 214 valence electrons. The Morgan fingerprint density at radius 3 is 2.05 bits per heavy atom. The molecule has 1 amide bonds. The van der Waals surface area contributed by atoms with Crippen molar-refractivity contribution in [3.63, 3.8) is 0 Å². The van der Waals surface area contributed by atoms with Crippen LogP contribution < -0.4 is 5.73 Å². The van der Waals surface area contributed by atoms with E-state index in [-0.39, 0.29) is 17.5 Å². The number of Topliss-reactive ketones (excluding diaryl/α,β-unsaturated/α-hetero) is 2. The van der Waals surface area contributed by atoms with Gasteiger partial charge in [0.05, 0.1) is 17.2 Å². The summed E-state index contributed by atoms with van der Waals surface area (Å²) in [4.78, 5) is 59.0. The Hall–Kier alpha value is -4.53. The van der Waals surface area contributed by atoms with Crippen LogP contribution in [0.15, 0.2) is 53.0 Å². The highest BCUT2D eigenvalue weighted by Gasteiger charge is 2.65. The maximum Gasteiger partial charge on any atom is 0.328 e. The highest BCUT2D eigenvalue weighted by atomic mass is 16.4. The highest BCUT2D eigenvalue weighted by Crippen LogP contribution is 2.56. The number of aromatic hydroxyl groups is 1. The lowest BCUT2D eigenvalue weighted by molar-refractivity contribution is -0.152. The number of nitrogens with zero attached hydrogens (tertiary/aromatic N) is 1. The Morgan fingerprint density at radius 2 is 1.57 bits per heavy atom. The van der Waals surface area contributed by atoms with Crippen molar-refractivity contribution in [1.29, 1.82) is 0 Å². The molecule has 0 heterocycles. The Kier molecular flexibility index (Phi) is 7.67. The van der Waals surface area contributed by atoms with Crippen LogP contribution in [0.25, 0.3) is 0 Å². The summed E-state index contributed by atoms with van der Waals surface area (Å²) in [7, 11) is 3.06. The summed E-state index contributed by atoms with van der Waals surface area (Å²) >= 11 is 0. The van der Waals surface area contributed by atoms with Gasteiger partial charge in [0.25, 0.3) is 5.91 Å². The number of amides is 1. The van der Waals surface area contributed by atoms with Crippen LogP contribution in [-0.4, -0.2) is 95.8 Å². The molecule has 5 atom stereocenters. The fourth-order valence-corrected chi connectivity index (χ4v) is 5.65. The maximum absolute atomic E-state index is 13.3. The van der Waals surface area contributed by atoms with Gasteiger partial charge in [0.2, 0.25) is 5.78 Å². The van der Waals surface area contributed by atoms with Crippen LogP contribution in [0.1, 0.15) is 29.3 Å². The molecule has 0 spiro atoms. The number of rotatable bonds is 4. The first-order valence-electron chi connectivity index (χ1n) is 11.7. The van der Waals surface area contributed by atoms with Crippen molar-refractivity contribution < 1.29 is 59.7 Å². The number of phenols is 1. The molecule has 0 bridgehead atoms. The molecule has 0 aromatic heterocycles. The average Bonchev–Trinajstić information content (AvgIpc) is 2.83. The van der Waals surface area contributed by atoms with Gasteiger partial charge < -0.3 is 41.5 Å². The van der Waals surface area contributed by atoms with Crippen molar-refractivity contribution in [3.8, 4) is 5.75 Å². The number of ketones is 2. The second-order valence-electron chi connectivity index (χ2n) is 9.97. The quantitative estimate of drug-likeness (QED) is 0.171. The van der Waals surface area contributed by atoms with E-state index in [0.29, 0.717) is 12.2 Å². The molecule has 0 fully saturated rings. The number of aliphatic hydroxyl groups is 4. The molecule has 0 aliphatic heterocycles. The Bertz CT molecular complexity index is 1400. The van der Waals surface area contributed by atoms with Crippen molar-refractivity contribution >= 4 is 29.4 Å². The molecule has 1 aromatic rings. The van der Waals surface area contributed by atoms with E-state index in [0.717, 1.165) is 0 Å². The molecule has 3 aliphatic carbocycles. The summed E-state index contributed by atoms with van der Waals surface area (Å²) < 4.78 is 0. The van der Waals surface area contributed by atoms with Gasteiger partial charge in [-0.05, 0) is 39.1 Å². The van der Waals surface area contributed by atoms with Crippen LogP contribution in [0.5, 0.6) is 5.75 Å². The van der Waals surface area contributed by atoms with Crippen molar-refractivity contribution in [3.05, 3.63) is 64.1 Å². The van der Waals surface area contributed by atoms with Crippen LogP contribution in [0, 0.1) is 11.8 Å². The predicted molar refractivity (Wildman–Crippen MR) is 134 cm³/mol. The van der Waals surface area contributed by atoms with Crippen molar-refractivity contribution in [2.24, 2.45) is 17.6 Å². The van der Waals surface area contributed by atoms with Gasteiger partial charge in [-0.15, -0.1) is 0 Å². The largest absolute Gasteiger partial charge is 0.510 e. The smallest absolute Gasteiger partial charge is 0.328 e. The minimum atomic E-state index is -2.75. The molecule has 0 saturated heterocycles. The summed E-state index contributed by atoms with van der Waals surface area (Å²) in [5, 5.41) is 70.7. The van der Waals surface area contributed by atoms with E-state index in [9.17, 15) is 49.5 Å². The Balaban J connectivity index is 0.000000482. The van der Waals surface area contributed by atoms with E-state index in [4.69, 9.17) is 15.9 Å². The molecule has 0 radical (unpaired) electrons. The van der Waals surface area contributed by atoms with Crippen LogP contribution in [0.2, 0.25) is 0 Å². The third-order valence-corrected chi connectivity index (χ3v) is 7.39. The number of likely N-dealkylation sites (N-methyl/N-ethyl adjacent to an activating group) is 1. The number of fused-ring (bicyclic) bond motifs is 3. The third-order valence-electron chi connectivity index (χ3n) is 7.39. The molecular formula is C26H28N2O12. The van der Waals surface area contributed by atoms with E-state index in [1.54, 1.807) is 0 Å². The molecule has 0 saturated carbocycles. The van der Waals surface area contributed by atoms with Gasteiger partial charge in [-0.25, -0.2) is 9.59 Å². The van der Waals surface area contributed by atoms with E-state index in [1.807, 2.05) is 0 Å². The monoisotopic (exact) mass is 560 g/mol. The lowest BCUT2D eigenvalue weighted by Gasteiger charge is -2.52. The van der Waals surface area contributed by atoms with Gasteiger partial charge in [-0.1, -0.05) is 12.1 Å². The SMILES string of the molecule is CN(C)[C@@H]1C(O)=C(C(N)=O)C(=O)[C@@]2(O)C(O)=C3C(=O)c4c(O)cccc4[C@@](C)(O)[C@H]3C[C@@H]12.O=C(O)C=CC(=O)O. The number of nitrogens with two attached hydrogens (primary N) is 1. The Labute approximate surface area is 226 Å². The number of carbonyl (C=O) groups is 5. The molecular weight excluding hydrogens is 532 g/mol. The van der Waals surface area contributed by atoms with E-state index in [1.165, 1.54) is 44.1 Å². The number of hydrogen-bond acceptors (Lipinski definition) is 11. The van der Waals surface area contributed by atoms with Gasteiger partial charge in [-0.2, -0.15) is 0 Å². The van der Waals surface area contributed by atoms with Gasteiger partial charge in [-0.3, -0.25) is 19.3 Å². The Morgan fingerprint density at radius 1 is 1.02 bits per heavy atom. The maximum atomic E-state index is 13.3. The standard InChI is InChI=1S/C22H24N2O8.C4H4O4/c1-21(31)8-5-4-6-11(25)12(8)16(26)13-9(21)7-10-15(24(2)3)17(27)14(20(23)30)19(29)22(10,32)18(13)28;5-3(6)1-2-4(7)8/h4-6,9-10,15,25,27-28,31-32H,7H2,1-3H3,(H2,23,30);1-2H,(H,5,6)(H,7,8)/t9-,10-,15-,21+,22-;/m0./s1. The lowest BCUT2D eigenvalue weighted by Crippen LogP contribution is -2.65. The van der Waals surface area contributed by atoms with E-state index in [2.05, 4.69) is 0 Å². The molecule has 14 heteroatoms. The second-order valence-corrected chi connectivity index (χ2v) is 9.97. The van der Waals surface area contributed by atoms with Crippen LogP contribution in [0.4, 0.5) is 0 Å². The molecule has 1 aromatic carbocycles. The summed E-state index contributed by atoms with van der Waals surface area (Å²) in [6, 6.07) is 3.05. The predicted octanol–water partition coefficient (Wildman–Crippen LogP) is -0.503. The number of carbonyl (C=O) groups excluding carboxylic acids is 3.